The van der Waals surface area contributed by atoms with Gasteiger partial charge in [0.1, 0.15) is 0 Å². The summed E-state index contributed by atoms with van der Waals surface area (Å²) in [7, 11) is 0. The molecule has 4 unspecified atom stereocenters. The fourth-order valence-electron chi connectivity index (χ4n) is 6.88. The van der Waals surface area contributed by atoms with Crippen LogP contribution >= 0.6 is 0 Å². The molecule has 0 radical (unpaired) electrons. The molecule has 0 fully saturated rings. The Hall–Kier alpha value is -1.94. The molecule has 3 N–H and O–H groups in total. The third kappa shape index (κ3) is 11.8. The van der Waals surface area contributed by atoms with Crippen LogP contribution in [0.4, 0.5) is 0 Å². The SMILES string of the molecule is CC1=C(/C=C/C(C)CCCC(C)/C=C/C=C/C(C)/C=C/CC(C)/C=C/C2=C(C)C[C@@H](O)[C@H](O)C2(C)C)C(C)(C)C[C@H](O)C1. The lowest BCUT2D eigenvalue weighted by Crippen LogP contribution is -2.44. The zero-order valence-electron chi connectivity index (χ0n) is 29.1. The van der Waals surface area contributed by atoms with Crippen LogP contribution in [0.25, 0.3) is 0 Å². The first-order valence-electron chi connectivity index (χ1n) is 16.9. The zero-order valence-corrected chi connectivity index (χ0v) is 29.1. The molecule has 0 aliphatic heterocycles. The van der Waals surface area contributed by atoms with Crippen LogP contribution < -0.4 is 0 Å². The minimum Gasteiger partial charge on any atom is -0.393 e. The van der Waals surface area contributed by atoms with Gasteiger partial charge in [-0.25, -0.2) is 0 Å². The Morgan fingerprint density at radius 3 is 1.93 bits per heavy atom. The van der Waals surface area contributed by atoms with E-state index in [0.29, 0.717) is 30.1 Å². The highest BCUT2D eigenvalue weighted by Gasteiger charge is 2.40. The normalized spacial score (nSPS) is 27.8. The Labute approximate surface area is 265 Å². The van der Waals surface area contributed by atoms with Gasteiger partial charge in [-0.1, -0.05) is 134 Å². The van der Waals surface area contributed by atoms with Crippen molar-refractivity contribution in [1.82, 2.24) is 0 Å². The van der Waals surface area contributed by atoms with Crippen molar-refractivity contribution in [1.29, 1.82) is 0 Å². The average molecular weight is 593 g/mol. The molecule has 3 nitrogen and oxygen atoms in total. The third-order valence-electron chi connectivity index (χ3n) is 9.66. The molecule has 0 saturated heterocycles. The number of allylic oxidation sites excluding steroid dienone is 11. The van der Waals surface area contributed by atoms with E-state index in [2.05, 4.69) is 116 Å². The third-order valence-corrected chi connectivity index (χ3v) is 9.66. The van der Waals surface area contributed by atoms with Gasteiger partial charge in [-0.3, -0.25) is 0 Å². The second-order valence-electron chi connectivity index (χ2n) is 15.1. The van der Waals surface area contributed by atoms with Gasteiger partial charge in [-0.2, -0.15) is 0 Å². The molecule has 43 heavy (non-hydrogen) atoms. The number of hydrogen-bond donors (Lipinski definition) is 3. The molecule has 2 aliphatic carbocycles. The Kier molecular flexibility index (Phi) is 14.7. The van der Waals surface area contributed by atoms with Gasteiger partial charge in [0.25, 0.3) is 0 Å². The zero-order chi connectivity index (χ0) is 32.4. The van der Waals surface area contributed by atoms with Gasteiger partial charge in [0, 0.05) is 5.41 Å². The molecule has 242 valence electrons. The van der Waals surface area contributed by atoms with E-state index in [-0.39, 0.29) is 11.5 Å². The van der Waals surface area contributed by atoms with E-state index < -0.39 is 17.6 Å². The van der Waals surface area contributed by atoms with Crippen molar-refractivity contribution in [3.63, 3.8) is 0 Å². The minimum absolute atomic E-state index is 0.0513. The summed E-state index contributed by atoms with van der Waals surface area (Å²) in [6.07, 6.45) is 27.8. The van der Waals surface area contributed by atoms with Gasteiger partial charge in [0.05, 0.1) is 18.3 Å². The summed E-state index contributed by atoms with van der Waals surface area (Å²) in [5.41, 5.74) is 4.68. The fraction of sp³-hybridized carbons (Fsp3) is 0.650. The van der Waals surface area contributed by atoms with Crippen molar-refractivity contribution in [2.75, 3.05) is 0 Å². The molecule has 0 aromatic carbocycles. The predicted molar refractivity (Wildman–Crippen MR) is 186 cm³/mol. The lowest BCUT2D eigenvalue weighted by molar-refractivity contribution is -0.0439. The van der Waals surface area contributed by atoms with Crippen molar-refractivity contribution >= 4 is 0 Å². The monoisotopic (exact) mass is 592 g/mol. The average Bonchev–Trinajstić information content (AvgIpc) is 2.88. The maximum Gasteiger partial charge on any atom is 0.0893 e. The van der Waals surface area contributed by atoms with Gasteiger partial charge in [-0.05, 0) is 92.6 Å². The van der Waals surface area contributed by atoms with Crippen LogP contribution in [0.1, 0.15) is 114 Å². The van der Waals surface area contributed by atoms with Crippen LogP contribution in [-0.4, -0.2) is 33.6 Å². The maximum absolute atomic E-state index is 10.5. The number of hydrogen-bond acceptors (Lipinski definition) is 3. The first kappa shape index (κ1) is 37.2. The van der Waals surface area contributed by atoms with Crippen molar-refractivity contribution in [3.05, 3.63) is 83.1 Å². The standard InChI is InChI=1S/C40H64O3/c1-28(17-13-19-30(3)21-23-35-32(5)25-34(41)27-39(35,7)8)15-11-12-16-29(2)18-14-20-31(4)22-24-36-33(6)26-37(42)38(43)40(36,9)10/h11-12,14-16,18,21-24,28-31,34,37-38,41-43H,13,17,19-20,25-27H2,1-10H3/b15-11+,16-12+,18-14+,23-21+,24-22+/t28?,29?,30?,31?,34-,37-,38+/m1/s1. The molecule has 0 spiro atoms. The highest BCUT2D eigenvalue weighted by molar-refractivity contribution is 5.36. The second kappa shape index (κ2) is 16.9. The van der Waals surface area contributed by atoms with Crippen molar-refractivity contribution in [2.24, 2.45) is 34.5 Å². The highest BCUT2D eigenvalue weighted by atomic mass is 16.3. The Morgan fingerprint density at radius 2 is 1.28 bits per heavy atom. The summed E-state index contributed by atoms with van der Waals surface area (Å²) in [6, 6.07) is 0. The molecular weight excluding hydrogens is 528 g/mol. The fourth-order valence-corrected chi connectivity index (χ4v) is 6.88. The molecule has 3 heteroatoms. The quantitative estimate of drug-likeness (QED) is 0.139. The molecule has 0 aromatic heterocycles. The molecule has 2 rings (SSSR count). The van der Waals surface area contributed by atoms with Crippen LogP contribution in [0, 0.1) is 34.5 Å². The summed E-state index contributed by atoms with van der Waals surface area (Å²) < 4.78 is 0. The summed E-state index contributed by atoms with van der Waals surface area (Å²) in [4.78, 5) is 0. The lowest BCUT2D eigenvalue weighted by Gasteiger charge is -2.40. The molecule has 0 heterocycles. The van der Waals surface area contributed by atoms with E-state index >= 15 is 0 Å². The van der Waals surface area contributed by atoms with Crippen LogP contribution in [0.5, 0.6) is 0 Å². The van der Waals surface area contributed by atoms with E-state index in [4.69, 9.17) is 0 Å². The topological polar surface area (TPSA) is 60.7 Å². The number of aliphatic hydroxyl groups is 3. The van der Waals surface area contributed by atoms with E-state index in [0.717, 1.165) is 24.8 Å². The van der Waals surface area contributed by atoms with Crippen molar-refractivity contribution in [2.45, 2.75) is 132 Å². The van der Waals surface area contributed by atoms with Gasteiger partial charge >= 0.3 is 0 Å². The van der Waals surface area contributed by atoms with Crippen molar-refractivity contribution < 1.29 is 15.3 Å². The second-order valence-corrected chi connectivity index (χ2v) is 15.1. The van der Waals surface area contributed by atoms with Crippen LogP contribution in [0.3, 0.4) is 0 Å². The lowest BCUT2D eigenvalue weighted by atomic mass is 9.69. The molecule has 0 amide bonds. The molecule has 7 atom stereocenters. The Bertz CT molecular complexity index is 1090. The maximum atomic E-state index is 10.5. The van der Waals surface area contributed by atoms with Crippen molar-refractivity contribution in [3.8, 4) is 0 Å². The van der Waals surface area contributed by atoms with E-state index in [1.165, 1.54) is 36.0 Å². The molecule has 0 bridgehead atoms. The molecule has 0 saturated carbocycles. The van der Waals surface area contributed by atoms with E-state index in [9.17, 15) is 15.3 Å². The van der Waals surface area contributed by atoms with Gasteiger partial charge in [0.2, 0.25) is 0 Å². The summed E-state index contributed by atoms with van der Waals surface area (Å²) >= 11 is 0. The summed E-state index contributed by atoms with van der Waals surface area (Å²) in [5.74, 6) is 1.92. The van der Waals surface area contributed by atoms with Crippen LogP contribution in [0.15, 0.2) is 83.1 Å². The van der Waals surface area contributed by atoms with E-state index in [1.54, 1.807) is 0 Å². The minimum atomic E-state index is -0.731. The van der Waals surface area contributed by atoms with Gasteiger partial charge in [-0.15, -0.1) is 0 Å². The Morgan fingerprint density at radius 1 is 0.721 bits per heavy atom. The van der Waals surface area contributed by atoms with Gasteiger partial charge in [0.15, 0.2) is 0 Å². The number of rotatable bonds is 14. The number of aliphatic hydroxyl groups excluding tert-OH is 3. The Balaban J connectivity index is 1.72. The molecule has 0 aromatic rings. The van der Waals surface area contributed by atoms with Crippen LogP contribution in [-0.2, 0) is 0 Å². The smallest absolute Gasteiger partial charge is 0.0893 e. The largest absolute Gasteiger partial charge is 0.393 e. The van der Waals surface area contributed by atoms with Gasteiger partial charge < -0.3 is 15.3 Å². The molecular formula is C40H64O3. The molecule has 2 aliphatic rings. The predicted octanol–water partition coefficient (Wildman–Crippen LogP) is 9.84. The summed E-state index contributed by atoms with van der Waals surface area (Å²) in [6.45, 7) is 21.8. The van der Waals surface area contributed by atoms with Crippen LogP contribution in [0.2, 0.25) is 0 Å². The first-order chi connectivity index (χ1) is 20.0. The summed E-state index contributed by atoms with van der Waals surface area (Å²) in [5, 5.41) is 30.7. The first-order valence-corrected chi connectivity index (χ1v) is 16.9. The van der Waals surface area contributed by atoms with E-state index in [1.807, 2.05) is 13.8 Å². The highest BCUT2D eigenvalue weighted by Crippen LogP contribution is 2.42.